The SMILES string of the molecule is O=P(O)(O)O.O=P(O)(O)O.O=P(O)(O)O.O=P(O)(O)O.O=P(O)(O)O.O=P(O)(O)O.OC1(O)CCCC(O)(O)C1(O)O. The zero-order valence-corrected chi connectivity index (χ0v) is 24.9. The molecule has 0 aliphatic heterocycles. The van der Waals surface area contributed by atoms with E-state index in [1.807, 2.05) is 0 Å². The average Bonchev–Trinajstić information content (AvgIpc) is 2.42. The van der Waals surface area contributed by atoms with Crippen LogP contribution in [-0.4, -0.2) is 136 Å². The first kappa shape index (κ1) is 54.9. The molecule has 0 aromatic carbocycles. The highest BCUT2D eigenvalue weighted by Gasteiger charge is 2.63. The lowest BCUT2D eigenvalue weighted by atomic mass is 9.83. The maximum absolute atomic E-state index is 8.99. The van der Waals surface area contributed by atoms with Crippen LogP contribution in [0.3, 0.4) is 0 Å². The van der Waals surface area contributed by atoms with Crippen LogP contribution < -0.4 is 0 Å². The zero-order chi connectivity index (χ0) is 36.6. The Morgan fingerprint density at radius 2 is 0.405 bits per heavy atom. The van der Waals surface area contributed by atoms with Gasteiger partial charge in [0.25, 0.3) is 5.79 Å². The van der Waals surface area contributed by atoms with Gasteiger partial charge in [-0.25, -0.2) is 27.4 Å². The summed E-state index contributed by atoms with van der Waals surface area (Å²) in [4.78, 5) is 129. The molecule has 0 saturated heterocycles. The summed E-state index contributed by atoms with van der Waals surface area (Å²) in [6.07, 6.45) is -0.547. The van der Waals surface area contributed by atoms with Gasteiger partial charge in [0.2, 0.25) is 11.6 Å². The van der Waals surface area contributed by atoms with Crippen LogP contribution in [0.2, 0.25) is 0 Å². The van der Waals surface area contributed by atoms with Gasteiger partial charge in [-0.05, 0) is 6.42 Å². The lowest BCUT2D eigenvalue weighted by molar-refractivity contribution is -0.466. The highest BCUT2D eigenvalue weighted by molar-refractivity contribution is 7.46. The van der Waals surface area contributed by atoms with E-state index in [4.69, 9.17) is 146 Å². The maximum Gasteiger partial charge on any atom is 0.466 e. The Labute approximate surface area is 230 Å². The summed E-state index contributed by atoms with van der Waals surface area (Å²) < 4.78 is 53.3. The summed E-state index contributed by atoms with van der Waals surface area (Å²) in [7, 11) is -27.8. The summed E-state index contributed by atoms with van der Waals surface area (Å²) in [5, 5.41) is 53.9. The van der Waals surface area contributed by atoms with Crippen molar-refractivity contribution >= 4 is 46.9 Å². The van der Waals surface area contributed by atoms with E-state index < -0.39 is 64.3 Å². The second kappa shape index (κ2) is 20.5. The normalized spacial score (nSPS) is 17.4. The number of rotatable bonds is 0. The van der Waals surface area contributed by atoms with Crippen LogP contribution in [-0.2, 0) is 27.4 Å². The van der Waals surface area contributed by atoms with Gasteiger partial charge in [-0.2, -0.15) is 0 Å². The third kappa shape index (κ3) is 90.0. The first-order valence-corrected chi connectivity index (χ1v) is 17.6. The molecule has 1 aliphatic rings. The van der Waals surface area contributed by atoms with Crippen molar-refractivity contribution in [2.24, 2.45) is 0 Å². The maximum atomic E-state index is 8.99. The van der Waals surface area contributed by atoms with Crippen LogP contribution in [0, 0.1) is 0 Å². The topological polar surface area (TPSA) is 588 Å². The summed E-state index contributed by atoms with van der Waals surface area (Å²) >= 11 is 0. The molecular formula is C6H30O30P6. The molecule has 0 unspecified atom stereocenters. The van der Waals surface area contributed by atoms with Crippen LogP contribution >= 0.6 is 46.9 Å². The van der Waals surface area contributed by atoms with Crippen LogP contribution in [0.25, 0.3) is 0 Å². The van der Waals surface area contributed by atoms with Crippen molar-refractivity contribution in [1.29, 1.82) is 0 Å². The second-order valence-corrected chi connectivity index (χ2v) is 12.4. The molecule has 30 nitrogen and oxygen atoms in total. The van der Waals surface area contributed by atoms with Crippen LogP contribution in [0.4, 0.5) is 0 Å². The van der Waals surface area contributed by atoms with Crippen molar-refractivity contribution in [2.45, 2.75) is 36.6 Å². The predicted octanol–water partition coefficient (Wildman–Crippen LogP) is -8.36. The summed E-state index contributed by atoms with van der Waals surface area (Å²) in [6, 6.07) is 0. The van der Waals surface area contributed by atoms with E-state index >= 15 is 0 Å². The van der Waals surface area contributed by atoms with Gasteiger partial charge in [0.15, 0.2) is 0 Å². The Morgan fingerprint density at radius 3 is 0.476 bits per heavy atom. The highest BCUT2D eigenvalue weighted by Crippen LogP contribution is 2.39. The number of phosphoric acid groups is 6. The van der Waals surface area contributed by atoms with Crippen molar-refractivity contribution < 1.29 is 146 Å². The van der Waals surface area contributed by atoms with Crippen LogP contribution in [0.1, 0.15) is 19.3 Å². The summed E-state index contributed by atoms with van der Waals surface area (Å²) in [5.74, 6) is -9.07. The Bertz CT molecular complexity index is 769. The molecule has 36 heteroatoms. The molecule has 0 aromatic rings. The minimum absolute atomic E-state index is 0.0862. The molecule has 24 N–H and O–H groups in total. The van der Waals surface area contributed by atoms with Gasteiger partial charge in [0.05, 0.1) is 0 Å². The Balaban J connectivity index is -0.0000000944. The molecule has 264 valence electrons. The fraction of sp³-hybridized carbons (Fsp3) is 1.00. The largest absolute Gasteiger partial charge is 0.466 e. The minimum atomic E-state index is -4.64. The predicted molar refractivity (Wildman–Crippen MR) is 121 cm³/mol. The van der Waals surface area contributed by atoms with Crippen molar-refractivity contribution in [3.63, 3.8) is 0 Å². The lowest BCUT2D eigenvalue weighted by Gasteiger charge is -2.46. The van der Waals surface area contributed by atoms with Gasteiger partial charge in [0, 0.05) is 12.8 Å². The average molecular weight is 768 g/mol. The van der Waals surface area contributed by atoms with E-state index in [-0.39, 0.29) is 19.3 Å². The van der Waals surface area contributed by atoms with E-state index in [1.54, 1.807) is 0 Å². The molecule has 42 heavy (non-hydrogen) atoms. The fourth-order valence-electron chi connectivity index (χ4n) is 1.25. The van der Waals surface area contributed by atoms with Crippen molar-refractivity contribution in [3.05, 3.63) is 0 Å². The minimum Gasteiger partial charge on any atom is -0.361 e. The molecule has 1 saturated carbocycles. The first-order chi connectivity index (χ1) is 17.2. The number of aliphatic hydroxyl groups is 6. The van der Waals surface area contributed by atoms with Gasteiger partial charge in [0.1, 0.15) is 0 Å². The molecule has 1 rings (SSSR count). The Kier molecular flexibility index (Phi) is 26.8. The molecule has 0 atom stereocenters. The van der Waals surface area contributed by atoms with Gasteiger partial charge in [-0.1, -0.05) is 0 Å². The summed E-state index contributed by atoms with van der Waals surface area (Å²) in [5.41, 5.74) is 0. The van der Waals surface area contributed by atoms with E-state index in [0.717, 1.165) is 0 Å². The standard InChI is InChI=1S/C6H12O6.6H3O4P/c7-4(8)2-1-3-5(9,10)6(4,11)12;6*1-5(2,3)4/h7-12H,1-3H2;6*(H3,1,2,3,4). The van der Waals surface area contributed by atoms with Crippen molar-refractivity contribution in [1.82, 2.24) is 0 Å². The van der Waals surface area contributed by atoms with Crippen molar-refractivity contribution in [3.8, 4) is 0 Å². The van der Waals surface area contributed by atoms with Gasteiger partial charge in [-0.15, -0.1) is 0 Å². The second-order valence-electron chi connectivity index (χ2n) is 6.24. The molecule has 0 heterocycles. The number of hydrogen-bond donors (Lipinski definition) is 24. The van der Waals surface area contributed by atoms with E-state index in [1.165, 1.54) is 0 Å². The molecule has 0 radical (unpaired) electrons. The molecule has 1 aliphatic carbocycles. The van der Waals surface area contributed by atoms with Gasteiger partial charge >= 0.3 is 46.9 Å². The lowest BCUT2D eigenvalue weighted by Crippen LogP contribution is -2.70. The van der Waals surface area contributed by atoms with Gasteiger partial charge < -0.3 is 119 Å². The first-order valence-electron chi connectivity index (χ1n) is 8.24. The third-order valence-corrected chi connectivity index (χ3v) is 2.17. The van der Waals surface area contributed by atoms with Crippen LogP contribution in [0.15, 0.2) is 0 Å². The smallest absolute Gasteiger partial charge is 0.361 e. The molecule has 0 amide bonds. The molecule has 0 aromatic heterocycles. The highest BCUT2D eigenvalue weighted by atomic mass is 31.2. The van der Waals surface area contributed by atoms with Crippen LogP contribution in [0.5, 0.6) is 0 Å². The monoisotopic (exact) mass is 768 g/mol. The zero-order valence-electron chi connectivity index (χ0n) is 19.5. The quantitative estimate of drug-likeness (QED) is 0.0803. The molecule has 1 fully saturated rings. The van der Waals surface area contributed by atoms with E-state index in [9.17, 15) is 0 Å². The molecule has 0 bridgehead atoms. The fourth-order valence-corrected chi connectivity index (χ4v) is 1.25. The number of hydrogen-bond acceptors (Lipinski definition) is 12. The third-order valence-electron chi connectivity index (χ3n) is 2.17. The molecular weight excluding hydrogens is 738 g/mol. The summed E-state index contributed by atoms with van der Waals surface area (Å²) in [6.45, 7) is 0. The molecule has 0 spiro atoms. The van der Waals surface area contributed by atoms with Crippen molar-refractivity contribution in [2.75, 3.05) is 0 Å². The Hall–Kier alpha value is 0.420. The van der Waals surface area contributed by atoms with E-state index in [2.05, 4.69) is 0 Å². The Morgan fingerprint density at radius 1 is 0.310 bits per heavy atom. The van der Waals surface area contributed by atoms with Gasteiger partial charge in [-0.3, -0.25) is 0 Å². The van der Waals surface area contributed by atoms with E-state index in [0.29, 0.717) is 0 Å².